The van der Waals surface area contributed by atoms with Gasteiger partial charge >= 0.3 is 5.97 Å². The molecule has 0 aliphatic heterocycles. The monoisotopic (exact) mass is 277 g/mol. The van der Waals surface area contributed by atoms with Crippen molar-refractivity contribution in [3.63, 3.8) is 0 Å². The van der Waals surface area contributed by atoms with E-state index in [0.29, 0.717) is 5.56 Å². The molecule has 1 unspecified atom stereocenters. The number of rotatable bonds is 4. The summed E-state index contributed by atoms with van der Waals surface area (Å²) in [5.41, 5.74) is -1.02. The lowest BCUT2D eigenvalue weighted by molar-refractivity contribution is -0.143. The second kappa shape index (κ2) is 5.36. The Balaban J connectivity index is 2.50. The Morgan fingerprint density at radius 1 is 1.25 bits per heavy atom. The highest BCUT2D eigenvalue weighted by Gasteiger charge is 2.38. The van der Waals surface area contributed by atoms with Crippen LogP contribution in [0.15, 0.2) is 42.7 Å². The van der Waals surface area contributed by atoms with Gasteiger partial charge in [-0.3, -0.25) is 9.78 Å². The minimum atomic E-state index is -1.55. The zero-order valence-electron chi connectivity index (χ0n) is 10.8. The summed E-state index contributed by atoms with van der Waals surface area (Å²) in [7, 11) is 0. The molecule has 0 amide bonds. The SMILES string of the molecule is CC(Cc1ccncc1)(C(=O)O)c1cccc(F)c1F. The third-order valence-corrected chi connectivity index (χ3v) is 3.33. The Labute approximate surface area is 114 Å². The normalized spacial score (nSPS) is 13.8. The van der Waals surface area contributed by atoms with Gasteiger partial charge in [-0.05, 0) is 37.1 Å². The summed E-state index contributed by atoms with van der Waals surface area (Å²) >= 11 is 0. The molecule has 104 valence electrons. The molecule has 0 aliphatic carbocycles. The fraction of sp³-hybridized carbons (Fsp3) is 0.200. The molecule has 3 nitrogen and oxygen atoms in total. The molecule has 1 atom stereocenters. The van der Waals surface area contributed by atoms with E-state index in [-0.39, 0.29) is 12.0 Å². The van der Waals surface area contributed by atoms with Gasteiger partial charge in [0.05, 0.1) is 5.41 Å². The van der Waals surface area contributed by atoms with Crippen molar-refractivity contribution in [2.45, 2.75) is 18.8 Å². The van der Waals surface area contributed by atoms with Crippen LogP contribution in [0.25, 0.3) is 0 Å². The Morgan fingerprint density at radius 2 is 1.90 bits per heavy atom. The van der Waals surface area contributed by atoms with E-state index in [4.69, 9.17) is 0 Å². The molecule has 0 saturated heterocycles. The Morgan fingerprint density at radius 3 is 2.50 bits per heavy atom. The van der Waals surface area contributed by atoms with E-state index in [0.717, 1.165) is 6.07 Å². The zero-order valence-corrected chi connectivity index (χ0v) is 10.8. The first-order valence-corrected chi connectivity index (χ1v) is 6.02. The average molecular weight is 277 g/mol. The highest BCUT2D eigenvalue weighted by molar-refractivity contribution is 5.81. The molecule has 1 aromatic heterocycles. The molecule has 0 aliphatic rings. The second-order valence-corrected chi connectivity index (χ2v) is 4.77. The molecule has 1 N–H and O–H groups in total. The highest BCUT2D eigenvalue weighted by Crippen LogP contribution is 2.31. The lowest BCUT2D eigenvalue weighted by Gasteiger charge is -2.26. The van der Waals surface area contributed by atoms with Crippen molar-refractivity contribution in [2.75, 3.05) is 0 Å². The average Bonchev–Trinajstić information content (AvgIpc) is 2.42. The van der Waals surface area contributed by atoms with E-state index in [1.54, 1.807) is 12.1 Å². The van der Waals surface area contributed by atoms with E-state index < -0.39 is 23.0 Å². The van der Waals surface area contributed by atoms with Gasteiger partial charge in [0.2, 0.25) is 0 Å². The number of nitrogens with zero attached hydrogens (tertiary/aromatic N) is 1. The molecular weight excluding hydrogens is 264 g/mol. The lowest BCUT2D eigenvalue weighted by Crippen LogP contribution is -2.36. The predicted molar refractivity (Wildman–Crippen MR) is 69.3 cm³/mol. The van der Waals surface area contributed by atoms with Crippen molar-refractivity contribution >= 4 is 5.97 Å². The maximum Gasteiger partial charge on any atom is 0.314 e. The van der Waals surface area contributed by atoms with Gasteiger partial charge < -0.3 is 5.11 Å². The maximum absolute atomic E-state index is 13.9. The summed E-state index contributed by atoms with van der Waals surface area (Å²) in [6.07, 6.45) is 3.10. The van der Waals surface area contributed by atoms with Crippen LogP contribution < -0.4 is 0 Å². The van der Waals surface area contributed by atoms with Crippen molar-refractivity contribution in [1.29, 1.82) is 0 Å². The van der Waals surface area contributed by atoms with Crippen LogP contribution in [0.4, 0.5) is 8.78 Å². The summed E-state index contributed by atoms with van der Waals surface area (Å²) in [6, 6.07) is 6.87. The van der Waals surface area contributed by atoms with Gasteiger partial charge in [-0.1, -0.05) is 12.1 Å². The topological polar surface area (TPSA) is 50.2 Å². The summed E-state index contributed by atoms with van der Waals surface area (Å²) in [5.74, 6) is -3.38. The molecule has 0 radical (unpaired) electrons. The van der Waals surface area contributed by atoms with Crippen LogP contribution in [-0.4, -0.2) is 16.1 Å². The molecule has 2 aromatic rings. The molecule has 20 heavy (non-hydrogen) atoms. The first kappa shape index (κ1) is 14.1. The molecule has 0 bridgehead atoms. The zero-order chi connectivity index (χ0) is 14.8. The molecule has 1 aromatic carbocycles. The molecule has 0 fully saturated rings. The van der Waals surface area contributed by atoms with Crippen molar-refractivity contribution in [3.05, 3.63) is 65.5 Å². The number of hydrogen-bond donors (Lipinski definition) is 1. The first-order chi connectivity index (χ1) is 9.45. The smallest absolute Gasteiger partial charge is 0.314 e. The standard InChI is InChI=1S/C15H13F2NO2/c1-15(14(19)20,9-10-5-7-18-8-6-10)11-3-2-4-12(16)13(11)17/h2-8H,9H2,1H3,(H,19,20). The van der Waals surface area contributed by atoms with Crippen LogP contribution in [-0.2, 0) is 16.6 Å². The number of hydrogen-bond acceptors (Lipinski definition) is 2. The predicted octanol–water partition coefficient (Wildman–Crippen LogP) is 2.94. The minimum absolute atomic E-state index is 0.0469. The minimum Gasteiger partial charge on any atom is -0.481 e. The fourth-order valence-corrected chi connectivity index (χ4v) is 2.12. The van der Waals surface area contributed by atoms with Crippen LogP contribution in [0.1, 0.15) is 18.1 Å². The van der Waals surface area contributed by atoms with Crippen molar-refractivity contribution in [3.8, 4) is 0 Å². The van der Waals surface area contributed by atoms with E-state index in [9.17, 15) is 18.7 Å². The lowest BCUT2D eigenvalue weighted by atomic mass is 9.77. The summed E-state index contributed by atoms with van der Waals surface area (Å²) in [6.45, 7) is 1.38. The first-order valence-electron chi connectivity index (χ1n) is 6.02. The summed E-state index contributed by atoms with van der Waals surface area (Å²) in [4.78, 5) is 15.4. The highest BCUT2D eigenvalue weighted by atomic mass is 19.2. The Hall–Kier alpha value is -2.30. The van der Waals surface area contributed by atoms with E-state index in [1.807, 2.05) is 0 Å². The number of carboxylic acids is 1. The number of benzene rings is 1. The van der Waals surface area contributed by atoms with Crippen LogP contribution in [0, 0.1) is 11.6 Å². The largest absolute Gasteiger partial charge is 0.481 e. The van der Waals surface area contributed by atoms with Crippen LogP contribution >= 0.6 is 0 Å². The molecule has 1 heterocycles. The molecule has 2 rings (SSSR count). The number of halogens is 2. The van der Waals surface area contributed by atoms with Crippen molar-refractivity contribution in [1.82, 2.24) is 4.98 Å². The fourth-order valence-electron chi connectivity index (χ4n) is 2.12. The van der Waals surface area contributed by atoms with Gasteiger partial charge in [0.25, 0.3) is 0 Å². The molecule has 5 heteroatoms. The molecule has 0 spiro atoms. The van der Waals surface area contributed by atoms with Crippen molar-refractivity contribution in [2.24, 2.45) is 0 Å². The van der Waals surface area contributed by atoms with E-state index in [2.05, 4.69) is 4.98 Å². The number of pyridine rings is 1. The van der Waals surface area contributed by atoms with Crippen molar-refractivity contribution < 1.29 is 18.7 Å². The molecule has 0 saturated carbocycles. The van der Waals surface area contributed by atoms with E-state index in [1.165, 1.54) is 31.5 Å². The van der Waals surface area contributed by atoms with Gasteiger partial charge in [-0.15, -0.1) is 0 Å². The van der Waals surface area contributed by atoms with Crippen LogP contribution in [0.3, 0.4) is 0 Å². The van der Waals surface area contributed by atoms with E-state index >= 15 is 0 Å². The van der Waals surface area contributed by atoms with Gasteiger partial charge in [0.15, 0.2) is 11.6 Å². The Bertz CT molecular complexity index is 631. The quantitative estimate of drug-likeness (QED) is 0.934. The summed E-state index contributed by atoms with van der Waals surface area (Å²) in [5, 5.41) is 9.46. The molecular formula is C15H13F2NO2. The van der Waals surface area contributed by atoms with Gasteiger partial charge in [0, 0.05) is 18.0 Å². The number of carboxylic acid groups (broad SMARTS) is 1. The van der Waals surface area contributed by atoms with Crippen LogP contribution in [0.2, 0.25) is 0 Å². The third kappa shape index (κ3) is 2.52. The van der Waals surface area contributed by atoms with Gasteiger partial charge in [-0.25, -0.2) is 8.78 Å². The number of aromatic nitrogens is 1. The number of carbonyl (C=O) groups is 1. The van der Waals surface area contributed by atoms with Crippen LogP contribution in [0.5, 0.6) is 0 Å². The van der Waals surface area contributed by atoms with Gasteiger partial charge in [-0.2, -0.15) is 0 Å². The van der Waals surface area contributed by atoms with Gasteiger partial charge in [0.1, 0.15) is 0 Å². The third-order valence-electron chi connectivity index (χ3n) is 3.33. The Kier molecular flexibility index (Phi) is 3.79. The second-order valence-electron chi connectivity index (χ2n) is 4.77. The maximum atomic E-state index is 13.9. The summed E-state index contributed by atoms with van der Waals surface area (Å²) < 4.78 is 27.2. The number of aliphatic carboxylic acids is 1.